The van der Waals surface area contributed by atoms with Crippen LogP contribution in [0.4, 0.5) is 0 Å². The summed E-state index contributed by atoms with van der Waals surface area (Å²) in [6.07, 6.45) is 2.54. The minimum atomic E-state index is -0.768. The largest absolute Gasteiger partial charge is 0.480 e. The van der Waals surface area contributed by atoms with Gasteiger partial charge in [0.2, 0.25) is 0 Å². The molecule has 0 fully saturated rings. The van der Waals surface area contributed by atoms with Crippen LogP contribution in [0, 0.1) is 0 Å². The van der Waals surface area contributed by atoms with Gasteiger partial charge >= 0.3 is 0 Å². The zero-order chi connectivity index (χ0) is 10.6. The lowest BCUT2D eigenvalue weighted by atomic mass is 10.1. The maximum absolute atomic E-state index is 10.6. The first-order chi connectivity index (χ1) is 6.57. The zero-order valence-corrected chi connectivity index (χ0v) is 8.49. The molecule has 0 aliphatic heterocycles. The number of hydrogen-bond donors (Lipinski definition) is 0. The van der Waals surface area contributed by atoms with Gasteiger partial charge in [-0.3, -0.25) is 4.79 Å². The van der Waals surface area contributed by atoms with E-state index in [4.69, 9.17) is 4.74 Å². The molecule has 0 radical (unpaired) electrons. The molecule has 0 amide bonds. The third-order valence-corrected chi connectivity index (χ3v) is 1.78. The Morgan fingerprint density at radius 2 is 1.86 bits per heavy atom. The van der Waals surface area contributed by atoms with Crippen molar-refractivity contribution in [1.29, 1.82) is 0 Å². The van der Waals surface area contributed by atoms with Crippen LogP contribution in [-0.4, -0.2) is 11.9 Å². The van der Waals surface area contributed by atoms with Gasteiger partial charge in [-0.05, 0) is 31.5 Å². The third kappa shape index (κ3) is 2.73. The first-order valence-electron chi connectivity index (χ1n) is 4.45. The van der Waals surface area contributed by atoms with E-state index < -0.39 is 5.60 Å². The van der Waals surface area contributed by atoms with Gasteiger partial charge < -0.3 is 4.74 Å². The van der Waals surface area contributed by atoms with Gasteiger partial charge in [0.05, 0.1) is 0 Å². The highest BCUT2D eigenvalue weighted by atomic mass is 16.5. The van der Waals surface area contributed by atoms with E-state index in [0.717, 1.165) is 11.8 Å². The van der Waals surface area contributed by atoms with Gasteiger partial charge in [-0.15, -0.1) is 0 Å². The van der Waals surface area contributed by atoms with Crippen LogP contribution >= 0.6 is 0 Å². The molecule has 0 bridgehead atoms. The molecular weight excluding hydrogens is 176 g/mol. The van der Waals surface area contributed by atoms with Crippen LogP contribution in [0.5, 0.6) is 5.75 Å². The maximum atomic E-state index is 10.6. The van der Waals surface area contributed by atoms with Gasteiger partial charge in [-0.2, -0.15) is 0 Å². The van der Waals surface area contributed by atoms with Crippen molar-refractivity contribution >= 4 is 12.4 Å². The number of ether oxygens (including phenoxy) is 1. The van der Waals surface area contributed by atoms with Crippen LogP contribution in [0.15, 0.2) is 30.8 Å². The summed E-state index contributed by atoms with van der Waals surface area (Å²) >= 11 is 0. The Bertz CT molecular complexity index is 323. The van der Waals surface area contributed by atoms with Gasteiger partial charge in [0, 0.05) is 0 Å². The number of hydrogen-bond acceptors (Lipinski definition) is 2. The molecule has 0 heterocycles. The molecule has 0 saturated heterocycles. The van der Waals surface area contributed by atoms with Crippen molar-refractivity contribution < 1.29 is 9.53 Å². The second kappa shape index (κ2) is 4.09. The number of rotatable bonds is 4. The van der Waals surface area contributed by atoms with E-state index in [2.05, 4.69) is 6.58 Å². The van der Waals surface area contributed by atoms with Crippen molar-refractivity contribution in [2.45, 2.75) is 19.4 Å². The molecule has 1 aromatic rings. The second-order valence-corrected chi connectivity index (χ2v) is 3.60. The van der Waals surface area contributed by atoms with Crippen molar-refractivity contribution in [1.82, 2.24) is 0 Å². The molecule has 74 valence electrons. The van der Waals surface area contributed by atoms with Crippen molar-refractivity contribution in [2.24, 2.45) is 0 Å². The normalized spacial score (nSPS) is 10.7. The van der Waals surface area contributed by atoms with E-state index in [1.807, 2.05) is 24.3 Å². The van der Waals surface area contributed by atoms with E-state index in [9.17, 15) is 4.79 Å². The van der Waals surface area contributed by atoms with Crippen molar-refractivity contribution in [2.75, 3.05) is 0 Å². The fourth-order valence-electron chi connectivity index (χ4n) is 1.000. The Morgan fingerprint density at radius 3 is 2.29 bits per heavy atom. The van der Waals surface area contributed by atoms with E-state index in [1.165, 1.54) is 0 Å². The molecule has 14 heavy (non-hydrogen) atoms. The number of carbonyl (C=O) groups excluding carboxylic acids is 1. The Morgan fingerprint density at radius 1 is 1.29 bits per heavy atom. The molecule has 0 N–H and O–H groups in total. The molecule has 0 aliphatic carbocycles. The highest BCUT2D eigenvalue weighted by Gasteiger charge is 2.17. The summed E-state index contributed by atoms with van der Waals surface area (Å²) in [5.41, 5.74) is 0.261. The fraction of sp³-hybridized carbons (Fsp3) is 0.250. The minimum Gasteiger partial charge on any atom is -0.480 e. The van der Waals surface area contributed by atoms with Crippen LogP contribution in [0.25, 0.3) is 6.08 Å². The van der Waals surface area contributed by atoms with Crippen LogP contribution in [0.3, 0.4) is 0 Å². The van der Waals surface area contributed by atoms with Crippen molar-refractivity contribution in [3.8, 4) is 5.75 Å². The topological polar surface area (TPSA) is 26.3 Å². The van der Waals surface area contributed by atoms with Crippen molar-refractivity contribution in [3.63, 3.8) is 0 Å². The molecule has 0 spiro atoms. The minimum absolute atomic E-state index is 0.688. The van der Waals surface area contributed by atoms with Gasteiger partial charge in [0.1, 0.15) is 5.75 Å². The standard InChI is InChI=1S/C12H14O2/c1-4-10-5-7-11(8-6-10)14-12(2,3)9-13/h4-9H,1H2,2-3H3. The molecule has 0 atom stereocenters. The number of aldehydes is 1. The maximum Gasteiger partial charge on any atom is 0.162 e. The quantitative estimate of drug-likeness (QED) is 0.682. The summed E-state index contributed by atoms with van der Waals surface area (Å²) in [5.74, 6) is 0.688. The second-order valence-electron chi connectivity index (χ2n) is 3.60. The molecule has 1 aromatic carbocycles. The molecule has 0 unspecified atom stereocenters. The Hall–Kier alpha value is -1.57. The van der Waals surface area contributed by atoms with E-state index in [0.29, 0.717) is 5.75 Å². The average Bonchev–Trinajstić information content (AvgIpc) is 2.19. The Labute approximate surface area is 84.2 Å². The monoisotopic (exact) mass is 190 g/mol. The summed E-state index contributed by atoms with van der Waals surface area (Å²) in [6, 6.07) is 7.43. The molecule has 1 rings (SSSR count). The summed E-state index contributed by atoms with van der Waals surface area (Å²) < 4.78 is 5.45. The Balaban J connectivity index is 2.78. The van der Waals surface area contributed by atoms with E-state index in [-0.39, 0.29) is 0 Å². The molecule has 0 aliphatic rings. The lowest BCUT2D eigenvalue weighted by Gasteiger charge is -2.19. The molecule has 2 nitrogen and oxygen atoms in total. The number of carbonyl (C=O) groups is 1. The lowest BCUT2D eigenvalue weighted by molar-refractivity contribution is -0.118. The number of benzene rings is 1. The predicted molar refractivity (Wildman–Crippen MR) is 57.3 cm³/mol. The van der Waals surface area contributed by atoms with Gasteiger partial charge in [-0.25, -0.2) is 0 Å². The van der Waals surface area contributed by atoms with E-state index >= 15 is 0 Å². The summed E-state index contributed by atoms with van der Waals surface area (Å²) in [5, 5.41) is 0. The van der Waals surface area contributed by atoms with Gasteiger partial charge in [0.15, 0.2) is 11.9 Å². The van der Waals surface area contributed by atoms with Gasteiger partial charge in [0.25, 0.3) is 0 Å². The smallest absolute Gasteiger partial charge is 0.162 e. The average molecular weight is 190 g/mol. The van der Waals surface area contributed by atoms with E-state index in [1.54, 1.807) is 19.9 Å². The molecule has 2 heteroatoms. The molecule has 0 saturated carbocycles. The predicted octanol–water partition coefficient (Wildman–Crippen LogP) is 2.69. The first kappa shape index (κ1) is 10.5. The third-order valence-electron chi connectivity index (χ3n) is 1.78. The highest BCUT2D eigenvalue weighted by Crippen LogP contribution is 2.17. The summed E-state index contributed by atoms with van der Waals surface area (Å²) in [4.78, 5) is 10.6. The zero-order valence-electron chi connectivity index (χ0n) is 8.49. The highest BCUT2D eigenvalue weighted by molar-refractivity contribution is 5.61. The van der Waals surface area contributed by atoms with Crippen LogP contribution < -0.4 is 4.74 Å². The van der Waals surface area contributed by atoms with Crippen LogP contribution in [0.2, 0.25) is 0 Å². The van der Waals surface area contributed by atoms with Gasteiger partial charge in [-0.1, -0.05) is 24.8 Å². The SMILES string of the molecule is C=Cc1ccc(OC(C)(C)C=O)cc1. The summed E-state index contributed by atoms with van der Waals surface area (Å²) in [7, 11) is 0. The van der Waals surface area contributed by atoms with Crippen LogP contribution in [0.1, 0.15) is 19.4 Å². The molecular formula is C12H14O2. The molecule has 0 aromatic heterocycles. The van der Waals surface area contributed by atoms with Crippen molar-refractivity contribution in [3.05, 3.63) is 36.4 Å². The lowest BCUT2D eigenvalue weighted by Crippen LogP contribution is -2.29. The summed E-state index contributed by atoms with van der Waals surface area (Å²) in [6.45, 7) is 7.10. The Kier molecular flexibility index (Phi) is 3.07. The van der Waals surface area contributed by atoms with Crippen LogP contribution in [-0.2, 0) is 4.79 Å². The fourth-order valence-corrected chi connectivity index (χ4v) is 1.000. The first-order valence-corrected chi connectivity index (χ1v) is 4.45.